The van der Waals surface area contributed by atoms with Crippen molar-refractivity contribution >= 4 is 33.4 Å². The van der Waals surface area contributed by atoms with Crippen LogP contribution in [0.25, 0.3) is 5.76 Å². The number of carbonyl (C=O) groups is 2. The smallest absolute Gasteiger partial charge is 0.295 e. The van der Waals surface area contributed by atoms with E-state index in [0.29, 0.717) is 36.9 Å². The van der Waals surface area contributed by atoms with Crippen LogP contribution in [0.1, 0.15) is 31.0 Å². The summed E-state index contributed by atoms with van der Waals surface area (Å²) in [6, 6.07) is 13.4. The predicted octanol–water partition coefficient (Wildman–Crippen LogP) is 1.85. The molecule has 7 heteroatoms. The first-order valence-corrected chi connectivity index (χ1v) is 11.5. The van der Waals surface area contributed by atoms with Gasteiger partial charge in [-0.15, -0.1) is 0 Å². The van der Waals surface area contributed by atoms with Crippen LogP contribution < -0.4 is 14.7 Å². The molecule has 1 unspecified atom stereocenters. The number of quaternary nitrogens is 1. The summed E-state index contributed by atoms with van der Waals surface area (Å²) < 4.78 is 6.57. The third kappa shape index (κ3) is 5.40. The standard InChI is InChI=1S/C25H29BrN2O4/c1-16(2)15-32-20-11-7-18(8-12-20)23(29)21-22(17-5-9-19(26)10-6-17)28(14-13-27(3)4)25(31)24(21)30/h5-12,16,22,29H,13-15H2,1-4H3/b23-21+. The maximum Gasteiger partial charge on any atom is 0.295 e. The van der Waals surface area contributed by atoms with Crippen LogP contribution in [0.2, 0.25) is 0 Å². The highest BCUT2D eigenvalue weighted by atomic mass is 79.9. The minimum Gasteiger partial charge on any atom is -0.872 e. The van der Waals surface area contributed by atoms with Gasteiger partial charge in [0.1, 0.15) is 5.75 Å². The molecule has 3 rings (SSSR count). The van der Waals surface area contributed by atoms with Crippen LogP contribution in [-0.4, -0.2) is 50.4 Å². The Kier molecular flexibility index (Phi) is 7.74. The average Bonchev–Trinajstić information content (AvgIpc) is 3.01. The number of hydrogen-bond donors (Lipinski definition) is 1. The molecule has 1 aliphatic rings. The Morgan fingerprint density at radius 1 is 1.09 bits per heavy atom. The van der Waals surface area contributed by atoms with Crippen molar-refractivity contribution in [2.45, 2.75) is 19.9 Å². The Balaban J connectivity index is 2.02. The fraction of sp³-hybridized carbons (Fsp3) is 0.360. The molecule has 6 nitrogen and oxygen atoms in total. The van der Waals surface area contributed by atoms with Gasteiger partial charge in [0.25, 0.3) is 5.91 Å². The minimum absolute atomic E-state index is 0.00178. The number of nitrogens with zero attached hydrogens (tertiary/aromatic N) is 1. The minimum atomic E-state index is -0.725. The van der Waals surface area contributed by atoms with Crippen molar-refractivity contribution in [2.24, 2.45) is 5.92 Å². The molecule has 32 heavy (non-hydrogen) atoms. The number of Topliss-reactive ketones (excluding diaryl/α,β-unsaturated/α-hetero) is 1. The summed E-state index contributed by atoms with van der Waals surface area (Å²) in [7, 11) is 3.96. The van der Waals surface area contributed by atoms with E-state index in [2.05, 4.69) is 29.8 Å². The molecule has 0 aliphatic carbocycles. The average molecular weight is 501 g/mol. The molecular formula is C25H29BrN2O4. The van der Waals surface area contributed by atoms with Gasteiger partial charge in [-0.25, -0.2) is 0 Å². The number of rotatable bonds is 8. The van der Waals surface area contributed by atoms with Gasteiger partial charge in [0.15, 0.2) is 0 Å². The van der Waals surface area contributed by atoms with Crippen molar-refractivity contribution < 1.29 is 24.3 Å². The van der Waals surface area contributed by atoms with Crippen LogP contribution in [0.4, 0.5) is 0 Å². The lowest BCUT2D eigenvalue weighted by molar-refractivity contribution is -0.857. The number of amides is 1. The van der Waals surface area contributed by atoms with Crippen LogP contribution in [-0.2, 0) is 9.59 Å². The molecule has 1 fully saturated rings. The van der Waals surface area contributed by atoms with E-state index in [0.717, 1.165) is 14.9 Å². The van der Waals surface area contributed by atoms with Crippen molar-refractivity contribution in [1.29, 1.82) is 0 Å². The molecule has 170 valence electrons. The van der Waals surface area contributed by atoms with Crippen molar-refractivity contribution in [3.63, 3.8) is 0 Å². The normalized spacial score (nSPS) is 18.1. The zero-order valence-electron chi connectivity index (χ0n) is 18.9. The highest BCUT2D eigenvalue weighted by Crippen LogP contribution is 2.38. The van der Waals surface area contributed by atoms with Crippen molar-refractivity contribution in [1.82, 2.24) is 4.90 Å². The maximum atomic E-state index is 13.4. The summed E-state index contributed by atoms with van der Waals surface area (Å²) in [4.78, 5) is 28.5. The van der Waals surface area contributed by atoms with Gasteiger partial charge in [-0.2, -0.15) is 0 Å². The number of ether oxygens (including phenoxy) is 1. The number of nitrogens with one attached hydrogen (secondary N) is 1. The molecule has 1 heterocycles. The van der Waals surface area contributed by atoms with Crippen LogP contribution in [0, 0.1) is 5.92 Å². The quantitative estimate of drug-likeness (QED) is 0.341. The summed E-state index contributed by atoms with van der Waals surface area (Å²) in [5.74, 6) is -0.729. The highest BCUT2D eigenvalue weighted by molar-refractivity contribution is 9.10. The second-order valence-electron chi connectivity index (χ2n) is 8.71. The molecule has 1 amide bonds. The largest absolute Gasteiger partial charge is 0.872 e. The van der Waals surface area contributed by atoms with Crippen LogP contribution in [0.3, 0.4) is 0 Å². The number of benzene rings is 2. The molecule has 1 saturated heterocycles. The predicted molar refractivity (Wildman–Crippen MR) is 125 cm³/mol. The number of hydrogen-bond acceptors (Lipinski definition) is 4. The summed E-state index contributed by atoms with van der Waals surface area (Å²) in [6.45, 7) is 5.74. The lowest BCUT2D eigenvalue weighted by Crippen LogP contribution is -3.06. The molecule has 0 aromatic heterocycles. The summed E-state index contributed by atoms with van der Waals surface area (Å²) >= 11 is 3.42. The van der Waals surface area contributed by atoms with Crippen molar-refractivity contribution in [3.05, 3.63) is 69.7 Å². The van der Waals surface area contributed by atoms with Gasteiger partial charge in [0.05, 0.1) is 39.8 Å². The topological polar surface area (TPSA) is 74.1 Å². The molecular weight excluding hydrogens is 472 g/mol. The maximum absolute atomic E-state index is 13.4. The van der Waals surface area contributed by atoms with E-state index >= 15 is 0 Å². The van der Waals surface area contributed by atoms with Crippen molar-refractivity contribution in [3.8, 4) is 5.75 Å². The molecule has 0 saturated carbocycles. The van der Waals surface area contributed by atoms with Gasteiger partial charge < -0.3 is 19.6 Å². The van der Waals surface area contributed by atoms with Gasteiger partial charge in [-0.1, -0.05) is 59.8 Å². The van der Waals surface area contributed by atoms with E-state index in [1.54, 1.807) is 24.3 Å². The molecule has 1 atom stereocenters. The number of halogens is 1. The molecule has 0 bridgehead atoms. The fourth-order valence-electron chi connectivity index (χ4n) is 3.56. The number of carbonyl (C=O) groups excluding carboxylic acids is 2. The first kappa shape index (κ1) is 24.0. The Bertz CT molecular complexity index is 998. The number of likely N-dealkylation sites (tertiary alicyclic amines) is 1. The summed E-state index contributed by atoms with van der Waals surface area (Å²) in [6.07, 6.45) is 0. The highest BCUT2D eigenvalue weighted by Gasteiger charge is 2.44. The summed E-state index contributed by atoms with van der Waals surface area (Å²) in [5, 5.41) is 13.4. The van der Waals surface area contributed by atoms with E-state index in [1.807, 2.05) is 38.4 Å². The second kappa shape index (κ2) is 10.3. The Hall–Kier alpha value is -2.64. The molecule has 0 radical (unpaired) electrons. The van der Waals surface area contributed by atoms with Gasteiger partial charge in [0, 0.05) is 10.0 Å². The first-order chi connectivity index (χ1) is 15.2. The molecule has 2 aromatic rings. The molecule has 1 aliphatic heterocycles. The zero-order valence-corrected chi connectivity index (χ0v) is 20.4. The van der Waals surface area contributed by atoms with Crippen LogP contribution in [0.5, 0.6) is 5.75 Å². The first-order valence-electron chi connectivity index (χ1n) is 10.7. The Labute approximate surface area is 197 Å². The SMILES string of the molecule is CC(C)COc1ccc(/C([O-])=C2\C(=O)C(=O)N(CC[NH+](C)C)C2c2ccc(Br)cc2)cc1. The van der Waals surface area contributed by atoms with Crippen LogP contribution in [0.15, 0.2) is 58.6 Å². The van der Waals surface area contributed by atoms with E-state index < -0.39 is 23.5 Å². The van der Waals surface area contributed by atoms with Gasteiger partial charge in [-0.05, 0) is 41.3 Å². The Morgan fingerprint density at radius 3 is 2.28 bits per heavy atom. The van der Waals surface area contributed by atoms with Gasteiger partial charge >= 0.3 is 0 Å². The molecule has 2 aromatic carbocycles. The lowest BCUT2D eigenvalue weighted by Gasteiger charge is -2.27. The van der Waals surface area contributed by atoms with Gasteiger partial charge in [-0.3, -0.25) is 9.59 Å². The fourth-order valence-corrected chi connectivity index (χ4v) is 3.82. The van der Waals surface area contributed by atoms with E-state index in [9.17, 15) is 14.7 Å². The van der Waals surface area contributed by atoms with Crippen molar-refractivity contribution in [2.75, 3.05) is 33.8 Å². The number of likely N-dealkylation sites (N-methyl/N-ethyl adjacent to an activating group) is 1. The zero-order chi connectivity index (χ0) is 23.4. The summed E-state index contributed by atoms with van der Waals surface area (Å²) in [5.41, 5.74) is 1.10. The monoisotopic (exact) mass is 500 g/mol. The molecule has 0 spiro atoms. The van der Waals surface area contributed by atoms with Crippen LogP contribution >= 0.6 is 15.9 Å². The molecule has 1 N–H and O–H groups in total. The van der Waals surface area contributed by atoms with E-state index in [4.69, 9.17) is 4.74 Å². The van der Waals surface area contributed by atoms with E-state index in [1.165, 1.54) is 4.90 Å². The third-order valence-corrected chi connectivity index (χ3v) is 5.80. The van der Waals surface area contributed by atoms with Gasteiger partial charge in [0.2, 0.25) is 5.78 Å². The third-order valence-electron chi connectivity index (χ3n) is 5.27. The Morgan fingerprint density at radius 2 is 1.72 bits per heavy atom. The lowest BCUT2D eigenvalue weighted by atomic mass is 9.95. The van der Waals surface area contributed by atoms with E-state index in [-0.39, 0.29) is 5.57 Å². The second-order valence-corrected chi connectivity index (χ2v) is 9.63. The number of ketones is 1.